The van der Waals surface area contributed by atoms with Gasteiger partial charge in [0.2, 0.25) is 5.95 Å². The number of halogens is 5. The van der Waals surface area contributed by atoms with E-state index >= 15 is 0 Å². The van der Waals surface area contributed by atoms with Crippen molar-refractivity contribution in [1.29, 1.82) is 0 Å². The van der Waals surface area contributed by atoms with Crippen molar-refractivity contribution in [3.8, 4) is 11.1 Å². The van der Waals surface area contributed by atoms with Gasteiger partial charge in [-0.15, -0.1) is 0 Å². The van der Waals surface area contributed by atoms with Gasteiger partial charge in [-0.3, -0.25) is 0 Å². The lowest BCUT2D eigenvalue weighted by Crippen LogP contribution is -2.04. The van der Waals surface area contributed by atoms with Crippen LogP contribution in [0.15, 0.2) is 36.5 Å². The lowest BCUT2D eigenvalue weighted by Gasteiger charge is -2.09. The summed E-state index contributed by atoms with van der Waals surface area (Å²) in [6, 6.07) is 5.89. The molecule has 0 bridgehead atoms. The van der Waals surface area contributed by atoms with Crippen LogP contribution in [0.5, 0.6) is 0 Å². The molecular weight excluding hydrogens is 270 g/mol. The zero-order valence-corrected chi connectivity index (χ0v) is 9.56. The molecule has 1 nitrogen and oxygen atoms in total. The van der Waals surface area contributed by atoms with Crippen LogP contribution < -0.4 is 0 Å². The number of aromatic nitrogens is 1. The van der Waals surface area contributed by atoms with Crippen molar-refractivity contribution in [3.63, 3.8) is 0 Å². The summed E-state index contributed by atoms with van der Waals surface area (Å²) in [7, 11) is 0. The largest absolute Gasteiger partial charge is 0.416 e. The minimum atomic E-state index is -4.45. The summed E-state index contributed by atoms with van der Waals surface area (Å²) in [4.78, 5) is 3.32. The Hall–Kier alpha value is -1.62. The zero-order chi connectivity index (χ0) is 13.3. The SMILES string of the molecule is Fc1nccc(-c2cccc(C(F)(F)F)c2)c1Cl. The van der Waals surface area contributed by atoms with Crippen LogP contribution in [-0.2, 0) is 6.18 Å². The van der Waals surface area contributed by atoms with Gasteiger partial charge in [0.15, 0.2) is 0 Å². The van der Waals surface area contributed by atoms with Crippen LogP contribution in [0.3, 0.4) is 0 Å². The molecule has 18 heavy (non-hydrogen) atoms. The van der Waals surface area contributed by atoms with Crippen molar-refractivity contribution in [2.45, 2.75) is 6.18 Å². The maximum atomic E-state index is 13.1. The quantitative estimate of drug-likeness (QED) is 0.549. The number of rotatable bonds is 1. The molecule has 6 heteroatoms. The second kappa shape index (κ2) is 4.57. The molecule has 1 aromatic carbocycles. The molecule has 0 saturated carbocycles. The Morgan fingerprint density at radius 1 is 1.11 bits per heavy atom. The van der Waals surface area contributed by atoms with Crippen molar-refractivity contribution in [2.24, 2.45) is 0 Å². The molecule has 0 amide bonds. The third kappa shape index (κ3) is 2.46. The molecule has 0 aliphatic rings. The first-order valence-electron chi connectivity index (χ1n) is 4.87. The van der Waals surface area contributed by atoms with Gasteiger partial charge >= 0.3 is 6.18 Å². The highest BCUT2D eigenvalue weighted by molar-refractivity contribution is 6.33. The minimum absolute atomic E-state index is 0.176. The lowest BCUT2D eigenvalue weighted by atomic mass is 10.0. The van der Waals surface area contributed by atoms with E-state index in [2.05, 4.69) is 4.98 Å². The second-order valence-corrected chi connectivity index (χ2v) is 3.92. The van der Waals surface area contributed by atoms with Gasteiger partial charge < -0.3 is 0 Å². The van der Waals surface area contributed by atoms with Gasteiger partial charge in [0.25, 0.3) is 0 Å². The Balaban J connectivity index is 2.55. The van der Waals surface area contributed by atoms with E-state index in [4.69, 9.17) is 11.6 Å². The fraction of sp³-hybridized carbons (Fsp3) is 0.0833. The summed E-state index contributed by atoms with van der Waals surface area (Å²) in [5.41, 5.74) is -0.445. The monoisotopic (exact) mass is 275 g/mol. The second-order valence-electron chi connectivity index (χ2n) is 3.54. The molecule has 0 spiro atoms. The van der Waals surface area contributed by atoms with Crippen molar-refractivity contribution in [1.82, 2.24) is 4.98 Å². The zero-order valence-electron chi connectivity index (χ0n) is 8.80. The van der Waals surface area contributed by atoms with E-state index in [1.807, 2.05) is 0 Å². The number of hydrogen-bond acceptors (Lipinski definition) is 1. The summed E-state index contributed by atoms with van der Waals surface area (Å²) in [6.45, 7) is 0. The Bertz CT molecular complexity index is 581. The minimum Gasteiger partial charge on any atom is -0.227 e. The van der Waals surface area contributed by atoms with Gasteiger partial charge in [-0.05, 0) is 23.8 Å². The van der Waals surface area contributed by atoms with Crippen molar-refractivity contribution >= 4 is 11.6 Å². The number of alkyl halides is 3. The molecule has 0 fully saturated rings. The maximum absolute atomic E-state index is 13.1. The molecule has 1 heterocycles. The molecule has 94 valence electrons. The van der Waals surface area contributed by atoms with Crippen LogP contribution >= 0.6 is 11.6 Å². The summed E-state index contributed by atoms with van der Waals surface area (Å²) < 4.78 is 50.8. The van der Waals surface area contributed by atoms with E-state index in [9.17, 15) is 17.6 Å². The smallest absolute Gasteiger partial charge is 0.227 e. The molecule has 2 rings (SSSR count). The lowest BCUT2D eigenvalue weighted by molar-refractivity contribution is -0.137. The Kier molecular flexibility index (Phi) is 3.26. The van der Waals surface area contributed by atoms with Gasteiger partial charge in [0.1, 0.15) is 5.02 Å². The standard InChI is InChI=1S/C12H6ClF4N/c13-10-9(4-5-18-11(10)14)7-2-1-3-8(6-7)12(15,16)17/h1-6H. The van der Waals surface area contributed by atoms with E-state index < -0.39 is 17.7 Å². The van der Waals surface area contributed by atoms with Crippen LogP contribution in [0.4, 0.5) is 17.6 Å². The third-order valence-corrected chi connectivity index (χ3v) is 2.71. The van der Waals surface area contributed by atoms with Crippen LogP contribution in [0, 0.1) is 5.95 Å². The fourth-order valence-corrected chi connectivity index (χ4v) is 1.73. The first kappa shape index (κ1) is 12.8. The molecule has 0 aliphatic heterocycles. The summed E-state index contributed by atoms with van der Waals surface area (Å²) in [6.07, 6.45) is -3.30. The van der Waals surface area contributed by atoms with Crippen LogP contribution in [0.2, 0.25) is 5.02 Å². The molecule has 0 saturated heterocycles. The highest BCUT2D eigenvalue weighted by Gasteiger charge is 2.30. The van der Waals surface area contributed by atoms with Crippen LogP contribution in [0.1, 0.15) is 5.56 Å². The summed E-state index contributed by atoms with van der Waals surface area (Å²) in [5.74, 6) is -0.911. The normalized spacial score (nSPS) is 11.6. The highest BCUT2D eigenvalue weighted by atomic mass is 35.5. The predicted octanol–water partition coefficient (Wildman–Crippen LogP) is 4.56. The molecule has 0 unspecified atom stereocenters. The Labute approximate surface area is 105 Å². The van der Waals surface area contributed by atoms with Crippen molar-refractivity contribution < 1.29 is 17.6 Å². The first-order chi connectivity index (χ1) is 8.39. The van der Waals surface area contributed by atoms with Crippen LogP contribution in [0.25, 0.3) is 11.1 Å². The number of pyridine rings is 1. The van der Waals surface area contributed by atoms with E-state index in [0.29, 0.717) is 0 Å². The number of hydrogen-bond donors (Lipinski definition) is 0. The predicted molar refractivity (Wildman–Crippen MR) is 59.6 cm³/mol. The average Bonchev–Trinajstić information content (AvgIpc) is 2.32. The van der Waals surface area contributed by atoms with E-state index in [-0.39, 0.29) is 16.1 Å². The molecule has 2 aromatic rings. The third-order valence-electron chi connectivity index (χ3n) is 2.35. The Morgan fingerprint density at radius 3 is 2.50 bits per heavy atom. The Morgan fingerprint density at radius 2 is 1.83 bits per heavy atom. The van der Waals surface area contributed by atoms with Crippen molar-refractivity contribution in [2.75, 3.05) is 0 Å². The maximum Gasteiger partial charge on any atom is 0.416 e. The summed E-state index contributed by atoms with van der Waals surface area (Å²) >= 11 is 5.68. The molecule has 0 radical (unpaired) electrons. The van der Waals surface area contributed by atoms with Gasteiger partial charge in [-0.1, -0.05) is 23.7 Å². The molecular formula is C12H6ClF4N. The van der Waals surface area contributed by atoms with Gasteiger partial charge in [-0.2, -0.15) is 17.6 Å². The summed E-state index contributed by atoms with van der Waals surface area (Å²) in [5, 5.41) is -0.295. The number of nitrogens with zero attached hydrogens (tertiary/aromatic N) is 1. The molecule has 1 aromatic heterocycles. The van der Waals surface area contributed by atoms with Gasteiger partial charge in [0.05, 0.1) is 5.56 Å². The fourth-order valence-electron chi connectivity index (χ4n) is 1.50. The van der Waals surface area contributed by atoms with Crippen molar-refractivity contribution in [3.05, 3.63) is 53.1 Å². The average molecular weight is 276 g/mol. The first-order valence-corrected chi connectivity index (χ1v) is 5.25. The topological polar surface area (TPSA) is 12.9 Å². The van der Waals surface area contributed by atoms with Gasteiger partial charge in [-0.25, -0.2) is 4.98 Å². The van der Waals surface area contributed by atoms with Crippen LogP contribution in [-0.4, -0.2) is 4.98 Å². The van der Waals surface area contributed by atoms with E-state index in [1.165, 1.54) is 18.2 Å². The number of benzene rings is 1. The molecule has 0 aliphatic carbocycles. The molecule has 0 N–H and O–H groups in total. The highest BCUT2D eigenvalue weighted by Crippen LogP contribution is 2.34. The van der Waals surface area contributed by atoms with E-state index in [1.54, 1.807) is 0 Å². The van der Waals surface area contributed by atoms with Gasteiger partial charge in [0, 0.05) is 11.8 Å². The van der Waals surface area contributed by atoms with E-state index in [0.717, 1.165) is 18.3 Å². The molecule has 0 atom stereocenters.